The fourth-order valence-electron chi connectivity index (χ4n) is 9.22. The number of hydrogen-bond donors (Lipinski definition) is 0. The standard InChI is InChI=1S/C50H36F6N2O2/c51-49(52,53)34-20-6-4-18-32(34)47-40(57-36-22-8-12-26-42(36)59-43-27-13-9-23-37(43)57)30-41(58-38-24-10-14-28-44(38)60-45-29-15-11-25-39(45)58)48(46(47)31-16-2-1-3-17-31)33-19-5-7-21-35(33)50(54,55)56/h4-15,18-31H,1-3,16-17H2. The van der Waals surface area contributed by atoms with Crippen molar-refractivity contribution >= 4 is 34.1 Å². The Morgan fingerprint density at radius 1 is 0.400 bits per heavy atom. The van der Waals surface area contributed by atoms with Crippen LogP contribution in [0.2, 0.25) is 0 Å². The number of ether oxygens (including phenoxy) is 2. The zero-order chi connectivity index (χ0) is 41.2. The Morgan fingerprint density at radius 2 is 0.733 bits per heavy atom. The molecule has 0 saturated heterocycles. The molecule has 0 atom stereocenters. The van der Waals surface area contributed by atoms with Gasteiger partial charge in [0.15, 0.2) is 23.0 Å². The number of fused-ring (bicyclic) bond motifs is 4. The van der Waals surface area contributed by atoms with Crippen LogP contribution in [0.15, 0.2) is 152 Å². The second-order valence-corrected chi connectivity index (χ2v) is 15.2. The molecule has 10 heteroatoms. The van der Waals surface area contributed by atoms with Gasteiger partial charge in [0, 0.05) is 11.1 Å². The summed E-state index contributed by atoms with van der Waals surface area (Å²) in [6.45, 7) is 0. The minimum absolute atomic E-state index is 0.123. The van der Waals surface area contributed by atoms with E-state index in [9.17, 15) is 0 Å². The van der Waals surface area contributed by atoms with Gasteiger partial charge in [-0.2, -0.15) is 26.3 Å². The molecule has 0 unspecified atom stereocenters. The van der Waals surface area contributed by atoms with E-state index in [0.717, 1.165) is 31.4 Å². The molecule has 0 bridgehead atoms. The summed E-state index contributed by atoms with van der Waals surface area (Å²) in [5, 5.41) is 0. The van der Waals surface area contributed by atoms with Crippen LogP contribution in [-0.4, -0.2) is 0 Å². The number of rotatable bonds is 5. The molecule has 1 aliphatic carbocycles. The SMILES string of the molecule is FC(F)(F)c1ccccc1-c1c(N2c3ccccc3Oc3ccccc32)cc(N2c3ccccc3Oc3ccccc32)c(-c2ccccc2C(F)(F)F)c1C1CCCCC1. The van der Waals surface area contributed by atoms with Crippen LogP contribution in [-0.2, 0) is 12.4 Å². The van der Waals surface area contributed by atoms with Crippen molar-refractivity contribution in [1.82, 2.24) is 0 Å². The zero-order valence-electron chi connectivity index (χ0n) is 32.0. The number of hydrogen-bond acceptors (Lipinski definition) is 4. The van der Waals surface area contributed by atoms with Crippen LogP contribution in [0.4, 0.5) is 60.5 Å². The molecule has 1 saturated carbocycles. The van der Waals surface area contributed by atoms with Gasteiger partial charge in [0.05, 0.1) is 45.3 Å². The molecule has 0 amide bonds. The molecular formula is C50H36F6N2O2. The highest BCUT2D eigenvalue weighted by Crippen LogP contribution is 2.62. The van der Waals surface area contributed by atoms with E-state index < -0.39 is 29.4 Å². The van der Waals surface area contributed by atoms with E-state index in [1.54, 1.807) is 42.5 Å². The van der Waals surface area contributed by atoms with Crippen LogP contribution < -0.4 is 19.3 Å². The van der Waals surface area contributed by atoms with Crippen molar-refractivity contribution in [2.45, 2.75) is 50.4 Å². The lowest BCUT2D eigenvalue weighted by Gasteiger charge is -2.40. The predicted molar refractivity (Wildman–Crippen MR) is 223 cm³/mol. The van der Waals surface area contributed by atoms with E-state index >= 15 is 26.3 Å². The third-order valence-electron chi connectivity index (χ3n) is 11.7. The Bertz CT molecular complexity index is 2500. The molecule has 7 aromatic carbocycles. The highest BCUT2D eigenvalue weighted by Gasteiger charge is 2.42. The quantitative estimate of drug-likeness (QED) is 0.162. The molecule has 300 valence electrons. The van der Waals surface area contributed by atoms with Gasteiger partial charge in [-0.3, -0.25) is 0 Å². The lowest BCUT2D eigenvalue weighted by molar-refractivity contribution is -0.137. The first-order valence-electron chi connectivity index (χ1n) is 19.9. The van der Waals surface area contributed by atoms with Crippen molar-refractivity contribution in [2.75, 3.05) is 9.80 Å². The van der Waals surface area contributed by atoms with Crippen molar-refractivity contribution in [2.24, 2.45) is 0 Å². The highest BCUT2D eigenvalue weighted by molar-refractivity contribution is 6.05. The van der Waals surface area contributed by atoms with Crippen LogP contribution in [0, 0.1) is 0 Å². The average molecular weight is 811 g/mol. The second kappa shape index (κ2) is 14.5. The summed E-state index contributed by atoms with van der Waals surface area (Å²) in [6.07, 6.45) is -6.04. The van der Waals surface area contributed by atoms with E-state index in [4.69, 9.17) is 9.47 Å². The van der Waals surface area contributed by atoms with Gasteiger partial charge in [-0.25, -0.2) is 0 Å². The fraction of sp³-hybridized carbons (Fsp3) is 0.160. The lowest BCUT2D eigenvalue weighted by atomic mass is 9.74. The van der Waals surface area contributed by atoms with Crippen LogP contribution >= 0.6 is 0 Å². The summed E-state index contributed by atoms with van der Waals surface area (Å²) in [7, 11) is 0. The van der Waals surface area contributed by atoms with E-state index in [1.807, 2.05) is 82.6 Å². The first-order chi connectivity index (χ1) is 29.1. The van der Waals surface area contributed by atoms with Crippen LogP contribution in [0.25, 0.3) is 22.3 Å². The molecule has 0 aromatic heterocycles. The molecule has 7 aromatic rings. The molecule has 3 aliphatic rings. The molecule has 0 radical (unpaired) electrons. The number of halogens is 6. The Morgan fingerprint density at radius 3 is 1.10 bits per heavy atom. The van der Waals surface area contributed by atoms with Gasteiger partial charge in [0.25, 0.3) is 0 Å². The monoisotopic (exact) mass is 810 g/mol. The van der Waals surface area contributed by atoms with Crippen LogP contribution in [0.1, 0.15) is 54.7 Å². The fourth-order valence-corrected chi connectivity index (χ4v) is 9.22. The predicted octanol–water partition coefficient (Wildman–Crippen LogP) is 16.3. The largest absolute Gasteiger partial charge is 0.453 e. The topological polar surface area (TPSA) is 24.9 Å². The molecular weight excluding hydrogens is 775 g/mol. The first kappa shape index (κ1) is 37.6. The van der Waals surface area contributed by atoms with Crippen LogP contribution in [0.5, 0.6) is 23.0 Å². The van der Waals surface area contributed by atoms with Gasteiger partial charge in [0.2, 0.25) is 0 Å². The number of benzene rings is 7. The van der Waals surface area contributed by atoms with Gasteiger partial charge >= 0.3 is 12.4 Å². The molecule has 2 aliphatic heterocycles. The van der Waals surface area contributed by atoms with Gasteiger partial charge in [-0.05, 0) is 102 Å². The maximum atomic E-state index is 15.5. The summed E-state index contributed by atoms with van der Waals surface area (Å²) >= 11 is 0. The van der Waals surface area contributed by atoms with Crippen molar-refractivity contribution in [3.8, 4) is 45.3 Å². The molecule has 2 heterocycles. The van der Waals surface area contributed by atoms with E-state index in [-0.39, 0.29) is 22.3 Å². The molecule has 60 heavy (non-hydrogen) atoms. The molecule has 0 N–H and O–H groups in total. The highest BCUT2D eigenvalue weighted by atomic mass is 19.4. The number of para-hydroxylation sites is 8. The zero-order valence-corrected chi connectivity index (χ0v) is 32.0. The number of alkyl halides is 6. The van der Waals surface area contributed by atoms with E-state index in [1.165, 1.54) is 24.3 Å². The van der Waals surface area contributed by atoms with Gasteiger partial charge in [-0.15, -0.1) is 0 Å². The number of anilines is 6. The molecule has 4 nitrogen and oxygen atoms in total. The van der Waals surface area contributed by atoms with Crippen molar-refractivity contribution in [3.63, 3.8) is 0 Å². The summed E-state index contributed by atoms with van der Waals surface area (Å²) in [4.78, 5) is 3.81. The minimum atomic E-state index is -4.80. The Labute approximate surface area is 342 Å². The maximum Gasteiger partial charge on any atom is 0.417 e. The number of nitrogens with zero attached hydrogens (tertiary/aromatic N) is 2. The Balaban J connectivity index is 1.46. The van der Waals surface area contributed by atoms with Crippen LogP contribution in [0.3, 0.4) is 0 Å². The Kier molecular flexibility index (Phi) is 9.11. The van der Waals surface area contributed by atoms with Gasteiger partial charge in [-0.1, -0.05) is 104 Å². The minimum Gasteiger partial charge on any atom is -0.453 e. The van der Waals surface area contributed by atoms with Crippen molar-refractivity contribution < 1.29 is 35.8 Å². The van der Waals surface area contributed by atoms with Gasteiger partial charge in [0.1, 0.15) is 0 Å². The molecule has 10 rings (SSSR count). The average Bonchev–Trinajstić information content (AvgIpc) is 3.26. The first-order valence-corrected chi connectivity index (χ1v) is 19.9. The summed E-state index contributed by atoms with van der Waals surface area (Å²) in [6, 6.07) is 41.8. The summed E-state index contributed by atoms with van der Waals surface area (Å²) in [5.74, 6) is 1.48. The molecule has 1 fully saturated rings. The van der Waals surface area contributed by atoms with Crippen molar-refractivity contribution in [1.29, 1.82) is 0 Å². The normalized spacial score (nSPS) is 15.0. The van der Waals surface area contributed by atoms with Gasteiger partial charge < -0.3 is 19.3 Å². The van der Waals surface area contributed by atoms with E-state index in [2.05, 4.69) is 0 Å². The smallest absolute Gasteiger partial charge is 0.417 e. The third kappa shape index (κ3) is 6.33. The lowest BCUT2D eigenvalue weighted by Crippen LogP contribution is -2.23. The second-order valence-electron chi connectivity index (χ2n) is 15.2. The van der Waals surface area contributed by atoms with E-state index in [0.29, 0.717) is 75.5 Å². The summed E-state index contributed by atoms with van der Waals surface area (Å²) < 4.78 is 106. The maximum absolute atomic E-state index is 15.5. The Hall–Kier alpha value is -6.68. The summed E-state index contributed by atoms with van der Waals surface area (Å²) in [5.41, 5.74) is 1.82. The molecule has 0 spiro atoms. The van der Waals surface area contributed by atoms with Crippen molar-refractivity contribution in [3.05, 3.63) is 168 Å². The third-order valence-corrected chi connectivity index (χ3v) is 11.7.